The van der Waals surface area contributed by atoms with Gasteiger partial charge in [0.25, 0.3) is 0 Å². The molecule has 124 valence electrons. The molecule has 0 N–H and O–H groups in total. The van der Waals surface area contributed by atoms with Gasteiger partial charge in [-0.05, 0) is 36.4 Å². The molecule has 0 aliphatic heterocycles. The fraction of sp³-hybridized carbons (Fsp3) is 0.0476. The average Bonchev–Trinajstić information content (AvgIpc) is 2.66. The topological polar surface area (TPSA) is 39.2 Å². The molecule has 0 aliphatic carbocycles. The lowest BCUT2D eigenvalue weighted by atomic mass is 10.1. The van der Waals surface area contributed by atoms with Gasteiger partial charge in [-0.2, -0.15) is 0 Å². The van der Waals surface area contributed by atoms with Crippen LogP contribution in [0.4, 0.5) is 4.39 Å². The summed E-state index contributed by atoms with van der Waals surface area (Å²) in [5.74, 6) is -0.0318. The summed E-state index contributed by atoms with van der Waals surface area (Å²) in [4.78, 5) is 16.2. The van der Waals surface area contributed by atoms with Crippen LogP contribution in [0, 0.1) is 5.82 Å². The maximum Gasteiger partial charge on any atom is 0.185 e. The second-order valence-electron chi connectivity index (χ2n) is 5.40. The molecular weight excluding hydrogens is 317 g/mol. The van der Waals surface area contributed by atoms with Crippen LogP contribution in [0.25, 0.3) is 6.08 Å². The van der Waals surface area contributed by atoms with E-state index in [9.17, 15) is 9.18 Å². The summed E-state index contributed by atoms with van der Waals surface area (Å²) in [5, 5.41) is 0. The van der Waals surface area contributed by atoms with Crippen molar-refractivity contribution in [2.75, 3.05) is 0 Å². The fourth-order valence-corrected chi connectivity index (χ4v) is 2.30. The zero-order chi connectivity index (χ0) is 17.5. The van der Waals surface area contributed by atoms with Crippen molar-refractivity contribution >= 4 is 11.9 Å². The van der Waals surface area contributed by atoms with Crippen LogP contribution >= 0.6 is 0 Å². The number of hydrogen-bond acceptors (Lipinski definition) is 3. The molecule has 0 fully saturated rings. The van der Waals surface area contributed by atoms with Crippen molar-refractivity contribution in [1.29, 1.82) is 0 Å². The number of hydrogen-bond donors (Lipinski definition) is 0. The minimum Gasteiger partial charge on any atom is -0.488 e. The third-order valence-electron chi connectivity index (χ3n) is 3.56. The van der Waals surface area contributed by atoms with E-state index in [1.54, 1.807) is 24.5 Å². The number of allylic oxidation sites excluding steroid dienone is 1. The van der Waals surface area contributed by atoms with E-state index >= 15 is 0 Å². The number of aromatic nitrogens is 1. The van der Waals surface area contributed by atoms with Crippen molar-refractivity contribution in [3.8, 4) is 5.75 Å². The quantitative estimate of drug-likeness (QED) is 0.485. The van der Waals surface area contributed by atoms with Crippen molar-refractivity contribution in [2.24, 2.45) is 0 Å². The normalized spacial score (nSPS) is 10.8. The number of ether oxygens (including phenoxy) is 1. The molecule has 0 atom stereocenters. The molecule has 25 heavy (non-hydrogen) atoms. The van der Waals surface area contributed by atoms with Gasteiger partial charge < -0.3 is 4.74 Å². The maximum atomic E-state index is 13.2. The van der Waals surface area contributed by atoms with Crippen LogP contribution in [0.1, 0.15) is 21.5 Å². The zero-order valence-electron chi connectivity index (χ0n) is 13.4. The number of ketones is 1. The number of halogens is 1. The van der Waals surface area contributed by atoms with E-state index in [2.05, 4.69) is 4.98 Å². The zero-order valence-corrected chi connectivity index (χ0v) is 13.4. The van der Waals surface area contributed by atoms with E-state index in [1.807, 2.05) is 36.4 Å². The first-order chi connectivity index (χ1) is 12.2. The number of carbonyl (C=O) groups is 1. The largest absolute Gasteiger partial charge is 0.488 e. The Bertz CT molecular complexity index is 891. The molecule has 0 unspecified atom stereocenters. The Labute approximate surface area is 145 Å². The number of para-hydroxylation sites is 1. The molecule has 4 heteroatoms. The van der Waals surface area contributed by atoms with E-state index in [1.165, 1.54) is 24.3 Å². The molecule has 0 aliphatic rings. The Hall–Kier alpha value is -3.27. The predicted octanol–water partition coefficient (Wildman–Crippen LogP) is 4.70. The molecule has 0 saturated heterocycles. The molecule has 3 rings (SSSR count). The lowest BCUT2D eigenvalue weighted by molar-refractivity contribution is 0.104. The minimum atomic E-state index is -0.431. The molecule has 0 spiro atoms. The second kappa shape index (κ2) is 8.02. The van der Waals surface area contributed by atoms with Gasteiger partial charge in [-0.15, -0.1) is 0 Å². The van der Waals surface area contributed by atoms with E-state index in [0.717, 1.165) is 11.1 Å². The molecular formula is C21H16FNO2. The van der Waals surface area contributed by atoms with E-state index in [-0.39, 0.29) is 5.78 Å². The SMILES string of the molecule is O=C(/C=C/c1ccccc1OCc1cccnc1)c1cccc(F)c1. The van der Waals surface area contributed by atoms with Gasteiger partial charge in [-0.3, -0.25) is 9.78 Å². The Kier molecular flexibility index (Phi) is 5.32. The first-order valence-corrected chi connectivity index (χ1v) is 7.81. The smallest absolute Gasteiger partial charge is 0.185 e. The molecule has 1 heterocycles. The van der Waals surface area contributed by atoms with Crippen molar-refractivity contribution in [3.63, 3.8) is 0 Å². The number of nitrogens with zero attached hydrogens (tertiary/aromatic N) is 1. The van der Waals surface area contributed by atoms with Gasteiger partial charge in [0, 0.05) is 29.1 Å². The summed E-state index contributed by atoms with van der Waals surface area (Å²) in [7, 11) is 0. The van der Waals surface area contributed by atoms with Gasteiger partial charge in [0.1, 0.15) is 18.2 Å². The van der Waals surface area contributed by atoms with Gasteiger partial charge in [0.15, 0.2) is 5.78 Å². The predicted molar refractivity (Wildman–Crippen MR) is 94.8 cm³/mol. The highest BCUT2D eigenvalue weighted by Gasteiger charge is 2.05. The van der Waals surface area contributed by atoms with Crippen LogP contribution < -0.4 is 4.74 Å². The summed E-state index contributed by atoms with van der Waals surface area (Å²) in [6, 6.07) is 16.8. The Balaban J connectivity index is 1.73. The number of carbonyl (C=O) groups excluding carboxylic acids is 1. The van der Waals surface area contributed by atoms with Crippen LogP contribution in [0.5, 0.6) is 5.75 Å². The van der Waals surface area contributed by atoms with Crippen LogP contribution in [-0.2, 0) is 6.61 Å². The summed E-state index contributed by atoms with van der Waals surface area (Å²) < 4.78 is 19.0. The van der Waals surface area contributed by atoms with Gasteiger partial charge in [-0.25, -0.2) is 4.39 Å². The van der Waals surface area contributed by atoms with E-state index in [0.29, 0.717) is 17.9 Å². The van der Waals surface area contributed by atoms with Crippen LogP contribution in [0.3, 0.4) is 0 Å². The number of rotatable bonds is 6. The van der Waals surface area contributed by atoms with E-state index in [4.69, 9.17) is 4.74 Å². The molecule has 2 aromatic carbocycles. The van der Waals surface area contributed by atoms with Crippen molar-refractivity contribution in [2.45, 2.75) is 6.61 Å². The Morgan fingerprint density at radius 2 is 1.96 bits per heavy atom. The molecule has 0 amide bonds. The minimum absolute atomic E-state index is 0.262. The maximum absolute atomic E-state index is 13.2. The van der Waals surface area contributed by atoms with E-state index < -0.39 is 5.82 Å². The summed E-state index contributed by atoms with van der Waals surface area (Å²) in [5.41, 5.74) is 2.04. The van der Waals surface area contributed by atoms with Gasteiger partial charge >= 0.3 is 0 Å². The summed E-state index contributed by atoms with van der Waals surface area (Å²) in [6.45, 7) is 0.385. The lowest BCUT2D eigenvalue weighted by Gasteiger charge is -2.09. The molecule has 3 aromatic rings. The number of pyridine rings is 1. The standard InChI is InChI=1S/C21H16FNO2/c22-19-8-3-7-18(13-19)20(24)11-10-17-6-1-2-9-21(17)25-15-16-5-4-12-23-14-16/h1-14H,15H2/b11-10+. The highest BCUT2D eigenvalue weighted by atomic mass is 19.1. The third-order valence-corrected chi connectivity index (χ3v) is 3.56. The molecule has 0 radical (unpaired) electrons. The second-order valence-corrected chi connectivity index (χ2v) is 5.40. The van der Waals surface area contributed by atoms with Gasteiger partial charge in [-0.1, -0.05) is 36.4 Å². The van der Waals surface area contributed by atoms with Gasteiger partial charge in [0.2, 0.25) is 0 Å². The molecule has 0 bridgehead atoms. The van der Waals surface area contributed by atoms with Crippen LogP contribution in [-0.4, -0.2) is 10.8 Å². The van der Waals surface area contributed by atoms with Crippen LogP contribution in [0.2, 0.25) is 0 Å². The molecule has 0 saturated carbocycles. The van der Waals surface area contributed by atoms with Crippen molar-refractivity contribution in [1.82, 2.24) is 4.98 Å². The highest BCUT2D eigenvalue weighted by molar-refractivity contribution is 6.06. The third kappa shape index (κ3) is 4.61. The first kappa shape index (κ1) is 16.6. The average molecular weight is 333 g/mol. The fourth-order valence-electron chi connectivity index (χ4n) is 2.30. The summed E-state index contributed by atoms with van der Waals surface area (Å²) in [6.07, 6.45) is 6.54. The number of benzene rings is 2. The Morgan fingerprint density at radius 3 is 2.76 bits per heavy atom. The summed E-state index contributed by atoms with van der Waals surface area (Å²) >= 11 is 0. The van der Waals surface area contributed by atoms with Crippen molar-refractivity contribution in [3.05, 3.63) is 102 Å². The molecule has 3 nitrogen and oxygen atoms in total. The van der Waals surface area contributed by atoms with Crippen LogP contribution in [0.15, 0.2) is 79.1 Å². The highest BCUT2D eigenvalue weighted by Crippen LogP contribution is 2.21. The lowest BCUT2D eigenvalue weighted by Crippen LogP contribution is -1.98. The molecule has 1 aromatic heterocycles. The van der Waals surface area contributed by atoms with Crippen molar-refractivity contribution < 1.29 is 13.9 Å². The van der Waals surface area contributed by atoms with Gasteiger partial charge in [0.05, 0.1) is 0 Å². The monoisotopic (exact) mass is 333 g/mol. The Morgan fingerprint density at radius 1 is 1.08 bits per heavy atom. The first-order valence-electron chi connectivity index (χ1n) is 7.81.